The van der Waals surface area contributed by atoms with Crippen LogP contribution in [-0.4, -0.2) is 45.4 Å². The molecule has 0 spiro atoms. The van der Waals surface area contributed by atoms with Gasteiger partial charge in [-0.3, -0.25) is 4.79 Å². The van der Waals surface area contributed by atoms with Gasteiger partial charge >= 0.3 is 0 Å². The number of carbonyl (C=O) groups excluding carboxylic acids is 1. The highest BCUT2D eigenvalue weighted by Gasteiger charge is 2.15. The number of rotatable bonds is 6. The van der Waals surface area contributed by atoms with E-state index in [4.69, 9.17) is 14.2 Å². The van der Waals surface area contributed by atoms with Crippen LogP contribution in [0.2, 0.25) is 0 Å². The van der Waals surface area contributed by atoms with Gasteiger partial charge in [0.2, 0.25) is 0 Å². The molecule has 1 amide bonds. The fourth-order valence-electron chi connectivity index (χ4n) is 2.00. The Morgan fingerprint density at radius 2 is 1.90 bits per heavy atom. The van der Waals surface area contributed by atoms with Crippen molar-refractivity contribution in [2.45, 2.75) is 0 Å². The lowest BCUT2D eigenvalue weighted by molar-refractivity contribution is 0.0939. The molecule has 0 saturated carbocycles. The monoisotopic (exact) mass is 278 g/mol. The molecule has 20 heavy (non-hydrogen) atoms. The van der Waals surface area contributed by atoms with Crippen molar-refractivity contribution in [3.05, 3.63) is 23.9 Å². The van der Waals surface area contributed by atoms with E-state index in [1.165, 1.54) is 0 Å². The van der Waals surface area contributed by atoms with E-state index in [1.807, 2.05) is 0 Å². The van der Waals surface area contributed by atoms with E-state index in [-0.39, 0.29) is 5.91 Å². The number of H-pyrrole nitrogens is 1. The van der Waals surface area contributed by atoms with Crippen LogP contribution in [-0.2, 0) is 4.74 Å². The number of aromatic nitrogens is 1. The van der Waals surface area contributed by atoms with Gasteiger partial charge in [0.1, 0.15) is 0 Å². The maximum atomic E-state index is 12.1. The van der Waals surface area contributed by atoms with Crippen LogP contribution in [0.3, 0.4) is 0 Å². The van der Waals surface area contributed by atoms with Crippen LogP contribution in [0, 0.1) is 0 Å². The molecule has 2 rings (SSSR count). The van der Waals surface area contributed by atoms with E-state index >= 15 is 0 Å². The molecule has 6 heteroatoms. The average Bonchev–Trinajstić information content (AvgIpc) is 2.88. The van der Waals surface area contributed by atoms with E-state index in [0.29, 0.717) is 30.2 Å². The quantitative estimate of drug-likeness (QED) is 0.787. The molecular weight excluding hydrogens is 260 g/mol. The number of fused-ring (bicyclic) bond motifs is 1. The van der Waals surface area contributed by atoms with E-state index in [1.54, 1.807) is 39.7 Å². The zero-order valence-corrected chi connectivity index (χ0v) is 11.8. The smallest absolute Gasteiger partial charge is 0.253 e. The number of benzene rings is 1. The minimum atomic E-state index is -0.152. The van der Waals surface area contributed by atoms with Gasteiger partial charge in [-0.25, -0.2) is 0 Å². The predicted molar refractivity (Wildman–Crippen MR) is 75.6 cm³/mol. The third-order valence-corrected chi connectivity index (χ3v) is 3.02. The first-order valence-electron chi connectivity index (χ1n) is 6.21. The molecule has 2 N–H and O–H groups in total. The van der Waals surface area contributed by atoms with E-state index in [0.717, 1.165) is 10.9 Å². The Balaban J connectivity index is 2.33. The van der Waals surface area contributed by atoms with Gasteiger partial charge in [-0.05, 0) is 6.07 Å². The Morgan fingerprint density at radius 3 is 2.55 bits per heavy atom. The number of carbonyl (C=O) groups is 1. The molecule has 1 heterocycles. The van der Waals surface area contributed by atoms with Gasteiger partial charge in [-0.1, -0.05) is 0 Å². The van der Waals surface area contributed by atoms with E-state index < -0.39 is 0 Å². The van der Waals surface area contributed by atoms with Gasteiger partial charge in [0.25, 0.3) is 5.91 Å². The summed E-state index contributed by atoms with van der Waals surface area (Å²) in [7, 11) is 4.73. The van der Waals surface area contributed by atoms with Crippen LogP contribution >= 0.6 is 0 Å². The van der Waals surface area contributed by atoms with Crippen molar-refractivity contribution >= 4 is 16.8 Å². The lowest BCUT2D eigenvalue weighted by Crippen LogP contribution is -2.26. The number of ether oxygens (including phenoxy) is 3. The van der Waals surface area contributed by atoms with E-state index in [9.17, 15) is 4.79 Å². The van der Waals surface area contributed by atoms with Gasteiger partial charge in [-0.15, -0.1) is 0 Å². The zero-order chi connectivity index (χ0) is 14.5. The van der Waals surface area contributed by atoms with Crippen LogP contribution in [0.5, 0.6) is 11.5 Å². The second-order valence-electron chi connectivity index (χ2n) is 4.20. The number of aromatic amines is 1. The van der Waals surface area contributed by atoms with Crippen LogP contribution in [0.1, 0.15) is 10.4 Å². The maximum absolute atomic E-state index is 12.1. The SMILES string of the molecule is COCCNC(=O)c1c[nH]c2cc(OC)c(OC)cc12. The Labute approximate surface area is 117 Å². The van der Waals surface area contributed by atoms with Crippen molar-refractivity contribution in [3.8, 4) is 11.5 Å². The number of methoxy groups -OCH3 is 3. The lowest BCUT2D eigenvalue weighted by Gasteiger charge is -2.08. The highest BCUT2D eigenvalue weighted by atomic mass is 16.5. The summed E-state index contributed by atoms with van der Waals surface area (Å²) in [6.07, 6.45) is 1.67. The molecule has 108 valence electrons. The summed E-state index contributed by atoms with van der Waals surface area (Å²) in [5.41, 5.74) is 1.39. The molecule has 0 saturated heterocycles. The molecule has 6 nitrogen and oxygen atoms in total. The second kappa shape index (κ2) is 6.29. The number of nitrogens with one attached hydrogen (secondary N) is 2. The molecule has 0 aliphatic carbocycles. The largest absolute Gasteiger partial charge is 0.493 e. The summed E-state index contributed by atoms with van der Waals surface area (Å²) >= 11 is 0. The zero-order valence-electron chi connectivity index (χ0n) is 11.8. The molecule has 0 bridgehead atoms. The number of hydrogen-bond acceptors (Lipinski definition) is 4. The van der Waals surface area contributed by atoms with Crippen molar-refractivity contribution in [2.24, 2.45) is 0 Å². The first-order valence-corrected chi connectivity index (χ1v) is 6.21. The number of hydrogen-bond donors (Lipinski definition) is 2. The van der Waals surface area contributed by atoms with Crippen LogP contribution < -0.4 is 14.8 Å². The Bertz CT molecular complexity index is 606. The molecule has 0 aliphatic rings. The molecule has 0 radical (unpaired) electrons. The fourth-order valence-corrected chi connectivity index (χ4v) is 2.00. The first-order chi connectivity index (χ1) is 9.71. The Kier molecular flexibility index (Phi) is 4.47. The van der Waals surface area contributed by atoms with E-state index in [2.05, 4.69) is 10.3 Å². The molecular formula is C14H18N2O4. The van der Waals surface area contributed by atoms with Crippen molar-refractivity contribution in [3.63, 3.8) is 0 Å². The van der Waals surface area contributed by atoms with Crippen molar-refractivity contribution < 1.29 is 19.0 Å². The number of amides is 1. The second-order valence-corrected chi connectivity index (χ2v) is 4.20. The topological polar surface area (TPSA) is 72.6 Å². The summed E-state index contributed by atoms with van der Waals surface area (Å²) < 4.78 is 15.4. The predicted octanol–water partition coefficient (Wildman–Crippen LogP) is 1.56. The lowest BCUT2D eigenvalue weighted by atomic mass is 10.1. The highest BCUT2D eigenvalue weighted by molar-refractivity contribution is 6.07. The summed E-state index contributed by atoms with van der Waals surface area (Å²) in [5, 5.41) is 3.58. The molecule has 0 unspecified atom stereocenters. The molecule has 2 aromatic rings. The molecule has 0 atom stereocenters. The van der Waals surface area contributed by atoms with Crippen molar-refractivity contribution in [1.29, 1.82) is 0 Å². The normalized spacial score (nSPS) is 10.6. The Hall–Kier alpha value is -2.21. The van der Waals surface area contributed by atoms with Gasteiger partial charge in [0.05, 0.1) is 31.9 Å². The van der Waals surface area contributed by atoms with Crippen LogP contribution in [0.25, 0.3) is 10.9 Å². The summed E-state index contributed by atoms with van der Waals surface area (Å²) in [6, 6.07) is 3.59. The third-order valence-electron chi connectivity index (χ3n) is 3.02. The molecule has 0 aliphatic heterocycles. The average molecular weight is 278 g/mol. The van der Waals surface area contributed by atoms with Crippen molar-refractivity contribution in [2.75, 3.05) is 34.5 Å². The minimum Gasteiger partial charge on any atom is -0.493 e. The van der Waals surface area contributed by atoms with Gasteiger partial charge in [0.15, 0.2) is 11.5 Å². The van der Waals surface area contributed by atoms with Gasteiger partial charge in [0, 0.05) is 31.3 Å². The minimum absolute atomic E-state index is 0.152. The highest BCUT2D eigenvalue weighted by Crippen LogP contribution is 2.33. The van der Waals surface area contributed by atoms with Crippen molar-refractivity contribution in [1.82, 2.24) is 10.3 Å². The third kappa shape index (κ3) is 2.70. The summed E-state index contributed by atoms with van der Waals surface area (Å²) in [5.74, 6) is 1.05. The van der Waals surface area contributed by atoms with Crippen LogP contribution in [0.15, 0.2) is 18.3 Å². The standard InChI is InChI=1S/C14H18N2O4/c1-18-5-4-15-14(17)10-8-16-11-7-13(20-3)12(19-2)6-9(10)11/h6-8,16H,4-5H2,1-3H3,(H,15,17). The Morgan fingerprint density at radius 1 is 1.20 bits per heavy atom. The maximum Gasteiger partial charge on any atom is 0.253 e. The molecule has 0 fully saturated rings. The van der Waals surface area contributed by atoms with Gasteiger partial charge < -0.3 is 24.5 Å². The summed E-state index contributed by atoms with van der Waals surface area (Å²) in [4.78, 5) is 15.1. The van der Waals surface area contributed by atoms with Gasteiger partial charge in [-0.2, -0.15) is 0 Å². The molecule has 1 aromatic heterocycles. The summed E-state index contributed by atoms with van der Waals surface area (Å²) in [6.45, 7) is 0.945. The first kappa shape index (κ1) is 14.2. The fraction of sp³-hybridized carbons (Fsp3) is 0.357. The van der Waals surface area contributed by atoms with Crippen LogP contribution in [0.4, 0.5) is 0 Å². The molecule has 1 aromatic carbocycles.